The van der Waals surface area contributed by atoms with Gasteiger partial charge in [-0.05, 0) is 37.0 Å². The fraction of sp³-hybridized carbons (Fsp3) is 0.429. The first-order chi connectivity index (χ1) is 15.5. The minimum atomic E-state index is -1.99. The summed E-state index contributed by atoms with van der Waals surface area (Å²) in [6, 6.07) is 4.62. The molecule has 12 heteroatoms. The van der Waals surface area contributed by atoms with Gasteiger partial charge in [0.1, 0.15) is 5.75 Å². The minimum absolute atomic E-state index is 0.119. The number of amides is 4. The van der Waals surface area contributed by atoms with Crippen LogP contribution in [-0.2, 0) is 19.2 Å². The van der Waals surface area contributed by atoms with Crippen LogP contribution in [0.2, 0.25) is 0 Å². The second-order valence-corrected chi connectivity index (χ2v) is 11.3. The van der Waals surface area contributed by atoms with Crippen LogP contribution in [0.4, 0.5) is 0 Å². The number of nitrogens with zero attached hydrogens (tertiary/aromatic N) is 2. The minimum Gasteiger partial charge on any atom is -0.508 e. The summed E-state index contributed by atoms with van der Waals surface area (Å²) >= 11 is 20.5. The van der Waals surface area contributed by atoms with Crippen LogP contribution in [0.15, 0.2) is 34.3 Å². The smallest absolute Gasteiger partial charge is 0.257 e. The van der Waals surface area contributed by atoms with E-state index in [1.165, 1.54) is 6.07 Å². The normalized spacial score (nSPS) is 37.8. The number of rotatable bonds is 2. The summed E-state index contributed by atoms with van der Waals surface area (Å²) in [5.41, 5.74) is 0.654. The molecular weight excluding hydrogens is 607 g/mol. The van der Waals surface area contributed by atoms with E-state index in [1.807, 2.05) is 0 Å². The van der Waals surface area contributed by atoms with Crippen molar-refractivity contribution in [2.24, 2.45) is 17.8 Å². The fourth-order valence-corrected chi connectivity index (χ4v) is 7.63. The van der Waals surface area contributed by atoms with E-state index in [1.54, 1.807) is 18.2 Å². The molecule has 8 nitrogen and oxygen atoms in total. The van der Waals surface area contributed by atoms with Crippen molar-refractivity contribution in [2.45, 2.75) is 28.5 Å². The van der Waals surface area contributed by atoms with Crippen molar-refractivity contribution >= 4 is 78.7 Å². The molecule has 6 unspecified atom stereocenters. The molecule has 2 aliphatic carbocycles. The Morgan fingerprint density at radius 3 is 2.45 bits per heavy atom. The van der Waals surface area contributed by atoms with Gasteiger partial charge in [0, 0.05) is 16.0 Å². The van der Waals surface area contributed by atoms with Gasteiger partial charge in [-0.15, -0.1) is 23.2 Å². The maximum absolute atomic E-state index is 13.5. The highest BCUT2D eigenvalue weighted by molar-refractivity contribution is 9.10. The Labute approximate surface area is 214 Å². The summed E-state index contributed by atoms with van der Waals surface area (Å²) < 4.78 is 0.593. The molecule has 4 amide bonds. The van der Waals surface area contributed by atoms with Crippen molar-refractivity contribution in [1.82, 2.24) is 9.96 Å². The molecule has 2 aliphatic heterocycles. The summed E-state index contributed by atoms with van der Waals surface area (Å²) in [5.74, 6) is -6.70. The van der Waals surface area contributed by atoms with Crippen molar-refractivity contribution in [1.29, 1.82) is 0 Å². The Morgan fingerprint density at radius 2 is 1.79 bits per heavy atom. The fourth-order valence-electron chi connectivity index (χ4n) is 5.84. The maximum Gasteiger partial charge on any atom is 0.257 e. The third-order valence-corrected chi connectivity index (χ3v) is 9.70. The highest BCUT2D eigenvalue weighted by Crippen LogP contribution is 2.66. The number of phenols is 1. The Hall–Kier alpha value is -1.46. The zero-order chi connectivity index (χ0) is 24.0. The lowest BCUT2D eigenvalue weighted by atomic mass is 9.56. The molecule has 1 saturated carbocycles. The number of imide groups is 2. The third-order valence-electron chi connectivity index (χ3n) is 7.29. The predicted octanol–water partition coefficient (Wildman–Crippen LogP) is 3.26. The van der Waals surface area contributed by atoms with Crippen molar-refractivity contribution in [3.05, 3.63) is 39.9 Å². The summed E-state index contributed by atoms with van der Waals surface area (Å²) in [7, 11) is 0. The van der Waals surface area contributed by atoms with Gasteiger partial charge in [0.25, 0.3) is 23.6 Å². The largest absolute Gasteiger partial charge is 0.508 e. The summed E-state index contributed by atoms with van der Waals surface area (Å²) in [6.45, 7) is 0. The average Bonchev–Trinajstić information content (AvgIpc) is 3.08. The van der Waals surface area contributed by atoms with Crippen molar-refractivity contribution in [2.75, 3.05) is 5.45 Å². The van der Waals surface area contributed by atoms with E-state index in [0.29, 0.717) is 10.0 Å². The molecule has 1 aromatic rings. The molecule has 174 valence electrons. The molecular formula is C21H16Br2Cl2N2O6. The first-order valence-electron chi connectivity index (χ1n) is 10.0. The maximum atomic E-state index is 13.5. The molecule has 0 bridgehead atoms. The van der Waals surface area contributed by atoms with Crippen molar-refractivity contribution in [3.63, 3.8) is 0 Å². The van der Waals surface area contributed by atoms with Crippen LogP contribution >= 0.6 is 55.1 Å². The zero-order valence-electron chi connectivity index (χ0n) is 16.7. The van der Waals surface area contributed by atoms with E-state index in [0.717, 1.165) is 4.90 Å². The number of carbonyl (C=O) groups excluding carboxylic acids is 4. The lowest BCUT2D eigenvalue weighted by molar-refractivity contribution is -0.173. The number of allylic oxidation sites excluding steroid dienone is 2. The van der Waals surface area contributed by atoms with Gasteiger partial charge in [0.05, 0.1) is 17.3 Å². The van der Waals surface area contributed by atoms with E-state index >= 15 is 0 Å². The summed E-state index contributed by atoms with van der Waals surface area (Å²) in [6.07, 6.45) is 1.67. The second-order valence-electron chi connectivity index (χ2n) is 8.68. The Bertz CT molecular complexity index is 1180. The lowest BCUT2D eigenvalue weighted by Crippen LogP contribution is -2.60. The quantitative estimate of drug-likeness (QED) is 0.172. The molecule has 3 fully saturated rings. The number of hydrogen-bond acceptors (Lipinski definition) is 6. The molecule has 2 heterocycles. The molecule has 6 atom stereocenters. The van der Waals surface area contributed by atoms with Crippen LogP contribution in [0.3, 0.4) is 0 Å². The van der Waals surface area contributed by atoms with Crippen LogP contribution in [0.25, 0.3) is 0 Å². The van der Waals surface area contributed by atoms with Crippen molar-refractivity contribution < 1.29 is 29.5 Å². The van der Waals surface area contributed by atoms with E-state index in [4.69, 9.17) is 23.2 Å². The predicted molar refractivity (Wildman–Crippen MR) is 123 cm³/mol. The average molecular weight is 623 g/mol. The number of halogens is 4. The molecule has 2 saturated heterocycles. The van der Waals surface area contributed by atoms with E-state index < -0.39 is 57.0 Å². The Morgan fingerprint density at radius 1 is 1.09 bits per heavy atom. The van der Waals surface area contributed by atoms with Gasteiger partial charge in [-0.25, -0.2) is 0 Å². The number of hydrogen-bond donors (Lipinski definition) is 2. The monoisotopic (exact) mass is 620 g/mol. The molecule has 0 aromatic heterocycles. The molecule has 0 spiro atoms. The number of phenolic OH excluding ortho intramolecular Hbond substituents is 1. The Balaban J connectivity index is 1.78. The highest BCUT2D eigenvalue weighted by atomic mass is 79.9. The van der Waals surface area contributed by atoms with Crippen LogP contribution in [-0.4, -0.2) is 59.1 Å². The number of benzene rings is 1. The van der Waals surface area contributed by atoms with Gasteiger partial charge in [-0.2, -0.15) is 5.06 Å². The zero-order valence-corrected chi connectivity index (χ0v) is 21.4. The van der Waals surface area contributed by atoms with Gasteiger partial charge in [-0.1, -0.05) is 43.5 Å². The molecule has 1 aromatic carbocycles. The number of aromatic hydroxyl groups is 1. The lowest BCUT2D eigenvalue weighted by Gasteiger charge is -2.50. The second kappa shape index (κ2) is 7.52. The number of alkyl halides is 3. The molecule has 33 heavy (non-hydrogen) atoms. The molecule has 2 N–H and O–H groups in total. The standard InChI is InChI=1S/C21H16Br2Cl2N2O6/c22-7-26-18(31)20(24)6-12-9(2-3-10-14(12)17(30)27(33)16(10)29)15(21(20,25)19(26)32)11-5-8(23)1-4-13(11)28/h1-2,4-5,10,12,14-15,28,33H,3,6-7H2. The van der Waals surface area contributed by atoms with Gasteiger partial charge >= 0.3 is 0 Å². The summed E-state index contributed by atoms with van der Waals surface area (Å²) in [5, 5.41) is 20.9. The first kappa shape index (κ1) is 23.3. The highest BCUT2D eigenvalue weighted by Gasteiger charge is 2.76. The third kappa shape index (κ3) is 2.78. The van der Waals surface area contributed by atoms with Crippen LogP contribution < -0.4 is 0 Å². The van der Waals surface area contributed by atoms with Crippen LogP contribution in [0, 0.1) is 17.8 Å². The van der Waals surface area contributed by atoms with Gasteiger partial charge < -0.3 is 5.11 Å². The van der Waals surface area contributed by atoms with Gasteiger partial charge in [0.2, 0.25) is 0 Å². The Kier molecular flexibility index (Phi) is 5.31. The number of likely N-dealkylation sites (tertiary alicyclic amines) is 1. The van der Waals surface area contributed by atoms with Crippen molar-refractivity contribution in [3.8, 4) is 5.75 Å². The molecule has 0 radical (unpaired) electrons. The SMILES string of the molecule is O=C1C2CC=C3C(CC4(Cl)C(=O)N(CBr)C(=O)C4(Cl)C3c3cc(Br)ccc3O)C2C(=O)N1O. The number of fused-ring (bicyclic) bond motifs is 4. The van der Waals surface area contributed by atoms with Crippen LogP contribution in [0.1, 0.15) is 24.3 Å². The van der Waals surface area contributed by atoms with Crippen LogP contribution in [0.5, 0.6) is 5.75 Å². The number of carbonyl (C=O) groups is 4. The van der Waals surface area contributed by atoms with E-state index in [-0.39, 0.29) is 34.7 Å². The first-order valence-corrected chi connectivity index (χ1v) is 12.7. The molecule has 4 aliphatic rings. The number of hydroxylamine groups is 2. The van der Waals surface area contributed by atoms with E-state index in [9.17, 15) is 29.5 Å². The molecule has 5 rings (SSSR count). The van der Waals surface area contributed by atoms with Gasteiger partial charge in [0.15, 0.2) is 9.75 Å². The van der Waals surface area contributed by atoms with E-state index in [2.05, 4.69) is 31.9 Å². The van der Waals surface area contributed by atoms with Gasteiger partial charge in [-0.3, -0.25) is 29.3 Å². The topological polar surface area (TPSA) is 115 Å². The summed E-state index contributed by atoms with van der Waals surface area (Å²) in [4.78, 5) is 49.2.